The number of rotatable bonds is 2. The topological polar surface area (TPSA) is 64.8 Å². The summed E-state index contributed by atoms with van der Waals surface area (Å²) < 4.78 is 16.8. The lowest BCUT2D eigenvalue weighted by atomic mass is 9.97. The zero-order valence-electron chi connectivity index (χ0n) is 15.7. The van der Waals surface area contributed by atoms with Crippen LogP contribution in [0.2, 0.25) is 0 Å². The molecule has 0 atom stereocenters. The highest BCUT2D eigenvalue weighted by Gasteiger charge is 2.30. The normalized spacial score (nSPS) is 19.6. The second-order valence-corrected chi connectivity index (χ2v) is 8.26. The van der Waals surface area contributed by atoms with Crippen molar-refractivity contribution in [1.82, 2.24) is 9.88 Å². The van der Waals surface area contributed by atoms with E-state index >= 15 is 0 Å². The van der Waals surface area contributed by atoms with E-state index in [2.05, 4.69) is 17.1 Å². The SMILES string of the molecule is CC(C)(C)OC(=O)N1CCC(c2nc3ccc(C4COC4)cc3o2)CC1. The number of ether oxygens (including phenoxy) is 2. The molecule has 26 heavy (non-hydrogen) atoms. The second kappa shape index (κ2) is 6.58. The number of benzene rings is 1. The average molecular weight is 358 g/mol. The van der Waals surface area contributed by atoms with E-state index in [4.69, 9.17) is 13.9 Å². The standard InChI is InChI=1S/C20H26N2O4/c1-20(2,3)26-19(23)22-8-6-13(7-9-22)18-21-16-5-4-14(10-17(16)25-18)15-11-24-12-15/h4-5,10,13,15H,6-9,11-12H2,1-3H3. The fourth-order valence-corrected chi connectivity index (χ4v) is 3.45. The molecule has 2 aromatic rings. The van der Waals surface area contributed by atoms with Gasteiger partial charge in [-0.3, -0.25) is 0 Å². The number of carbonyl (C=O) groups excluding carboxylic acids is 1. The summed E-state index contributed by atoms with van der Waals surface area (Å²) in [5, 5.41) is 0. The van der Waals surface area contributed by atoms with Crippen molar-refractivity contribution in [2.75, 3.05) is 26.3 Å². The third-order valence-electron chi connectivity index (χ3n) is 5.03. The largest absolute Gasteiger partial charge is 0.444 e. The van der Waals surface area contributed by atoms with E-state index in [1.54, 1.807) is 4.90 Å². The van der Waals surface area contributed by atoms with Crippen LogP contribution in [0, 0.1) is 0 Å². The lowest BCUT2D eigenvalue weighted by Crippen LogP contribution is -2.41. The van der Waals surface area contributed by atoms with E-state index in [0.717, 1.165) is 43.0 Å². The summed E-state index contributed by atoms with van der Waals surface area (Å²) in [7, 11) is 0. The van der Waals surface area contributed by atoms with Crippen LogP contribution in [0.5, 0.6) is 0 Å². The molecule has 0 N–H and O–H groups in total. The van der Waals surface area contributed by atoms with Gasteiger partial charge in [-0.05, 0) is 51.3 Å². The Morgan fingerprint density at radius 1 is 1.19 bits per heavy atom. The number of hydrogen-bond acceptors (Lipinski definition) is 5. The molecule has 2 saturated heterocycles. The smallest absolute Gasteiger partial charge is 0.410 e. The Labute approximate surface area is 153 Å². The van der Waals surface area contributed by atoms with Gasteiger partial charge in [0, 0.05) is 24.9 Å². The Morgan fingerprint density at radius 3 is 2.54 bits per heavy atom. The zero-order valence-corrected chi connectivity index (χ0v) is 15.7. The fourth-order valence-electron chi connectivity index (χ4n) is 3.45. The number of piperidine rings is 1. The van der Waals surface area contributed by atoms with E-state index in [0.29, 0.717) is 19.0 Å². The number of amides is 1. The van der Waals surface area contributed by atoms with Gasteiger partial charge < -0.3 is 18.8 Å². The highest BCUT2D eigenvalue weighted by molar-refractivity contribution is 5.73. The van der Waals surface area contributed by atoms with Gasteiger partial charge in [0.05, 0.1) is 13.2 Å². The molecule has 2 fully saturated rings. The molecule has 0 aliphatic carbocycles. The Balaban J connectivity index is 1.41. The van der Waals surface area contributed by atoms with Crippen molar-refractivity contribution in [2.24, 2.45) is 0 Å². The molecule has 2 aliphatic rings. The minimum absolute atomic E-state index is 0.235. The lowest BCUT2D eigenvalue weighted by Gasteiger charge is -2.32. The van der Waals surface area contributed by atoms with Crippen molar-refractivity contribution in [2.45, 2.75) is 51.0 Å². The maximum absolute atomic E-state index is 12.2. The zero-order chi connectivity index (χ0) is 18.3. The molecule has 2 aliphatic heterocycles. The minimum atomic E-state index is -0.461. The van der Waals surface area contributed by atoms with Crippen LogP contribution in [0.15, 0.2) is 22.6 Å². The summed E-state index contributed by atoms with van der Waals surface area (Å²) in [6.45, 7) is 8.58. The first-order valence-corrected chi connectivity index (χ1v) is 9.35. The van der Waals surface area contributed by atoms with E-state index in [-0.39, 0.29) is 12.0 Å². The number of likely N-dealkylation sites (tertiary alicyclic amines) is 1. The predicted octanol–water partition coefficient (Wildman–Crippen LogP) is 4.06. The third kappa shape index (κ3) is 3.56. The molecule has 1 aromatic heterocycles. The second-order valence-electron chi connectivity index (χ2n) is 8.26. The molecule has 0 spiro atoms. The van der Waals surface area contributed by atoms with Gasteiger partial charge in [-0.25, -0.2) is 9.78 Å². The quantitative estimate of drug-likeness (QED) is 0.810. The van der Waals surface area contributed by atoms with E-state index in [1.807, 2.05) is 26.8 Å². The molecule has 0 saturated carbocycles. The molecular formula is C20H26N2O4. The molecule has 0 unspecified atom stereocenters. The van der Waals surface area contributed by atoms with Gasteiger partial charge in [0.2, 0.25) is 0 Å². The minimum Gasteiger partial charge on any atom is -0.444 e. The van der Waals surface area contributed by atoms with Crippen LogP contribution in [0.3, 0.4) is 0 Å². The Hall–Kier alpha value is -2.08. The molecule has 1 aromatic carbocycles. The van der Waals surface area contributed by atoms with Crippen molar-refractivity contribution in [1.29, 1.82) is 0 Å². The summed E-state index contributed by atoms with van der Waals surface area (Å²) in [4.78, 5) is 18.6. The van der Waals surface area contributed by atoms with Crippen molar-refractivity contribution in [3.63, 3.8) is 0 Å². The van der Waals surface area contributed by atoms with Gasteiger partial charge >= 0.3 is 6.09 Å². The fraction of sp³-hybridized carbons (Fsp3) is 0.600. The lowest BCUT2D eigenvalue weighted by molar-refractivity contribution is 0.00844. The summed E-state index contributed by atoms with van der Waals surface area (Å²) in [6.07, 6.45) is 1.45. The van der Waals surface area contributed by atoms with Crippen LogP contribution < -0.4 is 0 Å². The monoisotopic (exact) mass is 358 g/mol. The molecule has 0 bridgehead atoms. The number of hydrogen-bond donors (Lipinski definition) is 0. The molecule has 140 valence electrons. The van der Waals surface area contributed by atoms with Gasteiger partial charge in [-0.15, -0.1) is 0 Å². The highest BCUT2D eigenvalue weighted by atomic mass is 16.6. The molecular weight excluding hydrogens is 332 g/mol. The van der Waals surface area contributed by atoms with Crippen molar-refractivity contribution in [3.8, 4) is 0 Å². The van der Waals surface area contributed by atoms with Crippen molar-refractivity contribution in [3.05, 3.63) is 29.7 Å². The predicted molar refractivity (Wildman–Crippen MR) is 97.4 cm³/mol. The van der Waals surface area contributed by atoms with Gasteiger partial charge in [0.15, 0.2) is 11.5 Å². The van der Waals surface area contributed by atoms with Crippen LogP contribution >= 0.6 is 0 Å². The molecule has 4 rings (SSSR count). The maximum Gasteiger partial charge on any atom is 0.410 e. The number of aromatic nitrogens is 1. The van der Waals surface area contributed by atoms with Crippen molar-refractivity contribution < 1.29 is 18.7 Å². The van der Waals surface area contributed by atoms with Crippen LogP contribution in [0.4, 0.5) is 4.79 Å². The van der Waals surface area contributed by atoms with E-state index in [9.17, 15) is 4.79 Å². The molecule has 0 radical (unpaired) electrons. The Morgan fingerprint density at radius 2 is 1.92 bits per heavy atom. The third-order valence-corrected chi connectivity index (χ3v) is 5.03. The van der Waals surface area contributed by atoms with Gasteiger partial charge in [0.1, 0.15) is 11.1 Å². The van der Waals surface area contributed by atoms with Crippen LogP contribution in [-0.4, -0.2) is 47.9 Å². The number of oxazole rings is 1. The van der Waals surface area contributed by atoms with Crippen LogP contribution in [0.1, 0.15) is 56.9 Å². The highest BCUT2D eigenvalue weighted by Crippen LogP contribution is 2.32. The average Bonchev–Trinajstić information content (AvgIpc) is 2.95. The first-order chi connectivity index (χ1) is 12.4. The molecule has 6 heteroatoms. The molecule has 3 heterocycles. The van der Waals surface area contributed by atoms with Gasteiger partial charge in [0.25, 0.3) is 0 Å². The summed E-state index contributed by atoms with van der Waals surface area (Å²) in [5.41, 5.74) is 2.54. The van der Waals surface area contributed by atoms with E-state index < -0.39 is 5.60 Å². The number of fused-ring (bicyclic) bond motifs is 1. The first kappa shape index (κ1) is 17.3. The van der Waals surface area contributed by atoms with Gasteiger partial charge in [-0.2, -0.15) is 0 Å². The first-order valence-electron chi connectivity index (χ1n) is 9.35. The van der Waals surface area contributed by atoms with Gasteiger partial charge in [-0.1, -0.05) is 6.07 Å². The molecule has 6 nitrogen and oxygen atoms in total. The summed E-state index contributed by atoms with van der Waals surface area (Å²) >= 11 is 0. The van der Waals surface area contributed by atoms with Crippen LogP contribution in [0.25, 0.3) is 11.1 Å². The Bertz CT molecular complexity index is 796. The van der Waals surface area contributed by atoms with Crippen LogP contribution in [-0.2, 0) is 9.47 Å². The molecule has 1 amide bonds. The number of carbonyl (C=O) groups is 1. The summed E-state index contributed by atoms with van der Waals surface area (Å²) in [6, 6.07) is 6.24. The number of nitrogens with zero attached hydrogens (tertiary/aromatic N) is 2. The summed E-state index contributed by atoms with van der Waals surface area (Å²) in [5.74, 6) is 1.51. The van der Waals surface area contributed by atoms with Crippen molar-refractivity contribution >= 4 is 17.2 Å². The van der Waals surface area contributed by atoms with E-state index in [1.165, 1.54) is 5.56 Å². The Kier molecular flexibility index (Phi) is 4.39. The maximum atomic E-state index is 12.2.